The van der Waals surface area contributed by atoms with Crippen LogP contribution in [-0.2, 0) is 0 Å². The second kappa shape index (κ2) is 12.6. The van der Waals surface area contributed by atoms with Crippen molar-refractivity contribution in [1.82, 2.24) is 0 Å². The van der Waals surface area contributed by atoms with E-state index in [-0.39, 0.29) is 11.8 Å². The molecule has 7 heteroatoms. The van der Waals surface area contributed by atoms with Crippen molar-refractivity contribution in [3.63, 3.8) is 0 Å². The summed E-state index contributed by atoms with van der Waals surface area (Å²) in [4.78, 5) is 0. The van der Waals surface area contributed by atoms with Crippen LogP contribution < -0.4 is 10.5 Å². The van der Waals surface area contributed by atoms with Gasteiger partial charge in [0.25, 0.3) is 0 Å². The SMILES string of the molecule is C/C(N)=C\C[N+]1(C)CC/C=C\C=C(/C)C1c1ccc(OC(F)(F)F)cc1O.CCCCC. The normalized spacial score (nSPS) is 24.3. The first-order valence-electron chi connectivity index (χ1n) is 11.1. The van der Waals surface area contributed by atoms with Crippen LogP contribution >= 0.6 is 0 Å². The summed E-state index contributed by atoms with van der Waals surface area (Å²) < 4.78 is 41.8. The Hall–Kier alpha value is -2.41. The van der Waals surface area contributed by atoms with E-state index in [9.17, 15) is 18.3 Å². The van der Waals surface area contributed by atoms with Gasteiger partial charge in [-0.25, -0.2) is 0 Å². The number of phenolic OH excluding ortho intramolecular Hbond substituents is 1. The van der Waals surface area contributed by atoms with Gasteiger partial charge in [-0.2, -0.15) is 0 Å². The molecule has 32 heavy (non-hydrogen) atoms. The fourth-order valence-corrected chi connectivity index (χ4v) is 3.83. The monoisotopic (exact) mass is 455 g/mol. The summed E-state index contributed by atoms with van der Waals surface area (Å²) >= 11 is 0. The van der Waals surface area contributed by atoms with E-state index in [1.807, 2.05) is 32.1 Å². The highest BCUT2D eigenvalue weighted by atomic mass is 19.4. The summed E-state index contributed by atoms with van der Waals surface area (Å²) in [5.41, 5.74) is 8.07. The van der Waals surface area contributed by atoms with E-state index in [1.165, 1.54) is 31.4 Å². The minimum atomic E-state index is -4.80. The molecular formula is C25H38F3N2O2+. The van der Waals surface area contributed by atoms with Crippen molar-refractivity contribution in [2.24, 2.45) is 5.73 Å². The summed E-state index contributed by atoms with van der Waals surface area (Å²) in [7, 11) is 2.06. The largest absolute Gasteiger partial charge is 0.573 e. The molecule has 1 aromatic rings. The van der Waals surface area contributed by atoms with Crippen LogP contribution in [-0.4, -0.2) is 36.1 Å². The molecule has 0 aliphatic carbocycles. The molecule has 2 unspecified atom stereocenters. The van der Waals surface area contributed by atoms with Crippen LogP contribution in [0.1, 0.15) is 65.0 Å². The van der Waals surface area contributed by atoms with Gasteiger partial charge in [0, 0.05) is 18.2 Å². The molecule has 0 amide bonds. The molecule has 180 valence electrons. The lowest BCUT2D eigenvalue weighted by molar-refractivity contribution is -0.928. The lowest BCUT2D eigenvalue weighted by atomic mass is 9.93. The first-order chi connectivity index (χ1) is 14.9. The Morgan fingerprint density at radius 2 is 1.94 bits per heavy atom. The van der Waals surface area contributed by atoms with Crippen LogP contribution in [0, 0.1) is 0 Å². The number of ether oxygens (including phenoxy) is 1. The lowest BCUT2D eigenvalue weighted by Gasteiger charge is -2.42. The van der Waals surface area contributed by atoms with Crippen molar-refractivity contribution in [2.75, 3.05) is 20.1 Å². The molecule has 0 saturated heterocycles. The van der Waals surface area contributed by atoms with Crippen LogP contribution in [0.5, 0.6) is 11.5 Å². The molecule has 1 aliphatic heterocycles. The number of likely N-dealkylation sites (N-methyl/N-ethyl adjacent to an activating group) is 1. The standard InChI is InChI=1S/C20H25F3N2O2.C5H12/c1-14-7-5-4-6-11-25(3,12-10-15(2)24)19(14)17-9-8-16(13-18(17)26)27-20(21,22)23;1-3-5-4-2/h4-5,7-10,13,19H,6,11-12,24H2,1-3H3;3-5H2,1-2H3/p+1/b5-4-,14-7+,15-10+;. The molecule has 0 fully saturated rings. The fraction of sp³-hybridized carbons (Fsp3) is 0.520. The maximum Gasteiger partial charge on any atom is 0.573 e. The predicted molar refractivity (Wildman–Crippen MR) is 124 cm³/mol. The van der Waals surface area contributed by atoms with Crippen LogP contribution in [0.3, 0.4) is 0 Å². The third kappa shape index (κ3) is 8.99. The number of nitrogens with zero attached hydrogens (tertiary/aromatic N) is 1. The molecular weight excluding hydrogens is 417 g/mol. The fourth-order valence-electron chi connectivity index (χ4n) is 3.83. The first kappa shape index (κ1) is 27.6. The highest BCUT2D eigenvalue weighted by molar-refractivity contribution is 5.44. The van der Waals surface area contributed by atoms with E-state index in [2.05, 4.69) is 31.7 Å². The Labute approximate surface area is 190 Å². The van der Waals surface area contributed by atoms with Gasteiger partial charge in [0.1, 0.15) is 17.5 Å². The average molecular weight is 456 g/mol. The van der Waals surface area contributed by atoms with Gasteiger partial charge in [0.15, 0.2) is 0 Å². The number of nitrogens with two attached hydrogens (primary N) is 1. The highest BCUT2D eigenvalue weighted by Gasteiger charge is 2.37. The highest BCUT2D eigenvalue weighted by Crippen LogP contribution is 2.41. The van der Waals surface area contributed by atoms with Gasteiger partial charge in [-0.3, -0.25) is 0 Å². The van der Waals surface area contributed by atoms with E-state index in [0.717, 1.165) is 24.6 Å². The molecule has 0 aromatic heterocycles. The number of aromatic hydroxyl groups is 1. The van der Waals surface area contributed by atoms with Gasteiger partial charge in [0.2, 0.25) is 0 Å². The van der Waals surface area contributed by atoms with E-state index in [1.54, 1.807) is 0 Å². The molecule has 2 atom stereocenters. The average Bonchev–Trinajstić information content (AvgIpc) is 2.67. The van der Waals surface area contributed by atoms with Crippen molar-refractivity contribution >= 4 is 0 Å². The Bertz CT molecular complexity index is 810. The van der Waals surface area contributed by atoms with Crippen molar-refractivity contribution in [2.45, 2.75) is 65.8 Å². The predicted octanol–water partition coefficient (Wildman–Crippen LogP) is 6.74. The van der Waals surface area contributed by atoms with E-state index < -0.39 is 12.1 Å². The third-order valence-electron chi connectivity index (χ3n) is 5.42. The molecule has 3 N–H and O–H groups in total. The number of rotatable bonds is 6. The van der Waals surface area contributed by atoms with Crippen molar-refractivity contribution in [3.8, 4) is 11.5 Å². The number of halogens is 3. The molecule has 0 spiro atoms. The number of phenols is 1. The number of hydrogen-bond donors (Lipinski definition) is 2. The zero-order chi connectivity index (χ0) is 24.4. The second-order valence-electron chi connectivity index (χ2n) is 8.49. The Morgan fingerprint density at radius 3 is 2.44 bits per heavy atom. The van der Waals surface area contributed by atoms with Crippen molar-refractivity contribution in [3.05, 3.63) is 59.3 Å². The van der Waals surface area contributed by atoms with Crippen molar-refractivity contribution in [1.29, 1.82) is 0 Å². The zero-order valence-corrected chi connectivity index (χ0v) is 19.9. The van der Waals surface area contributed by atoms with E-state index >= 15 is 0 Å². The summed E-state index contributed by atoms with van der Waals surface area (Å²) in [6, 6.07) is 3.52. The minimum absolute atomic E-state index is 0.225. The molecule has 4 nitrogen and oxygen atoms in total. The van der Waals surface area contributed by atoms with Gasteiger partial charge < -0.3 is 20.1 Å². The summed E-state index contributed by atoms with van der Waals surface area (Å²) in [6.45, 7) is 9.61. The third-order valence-corrected chi connectivity index (χ3v) is 5.42. The quantitative estimate of drug-likeness (QED) is 0.467. The number of alkyl halides is 3. The number of benzene rings is 1. The Balaban J connectivity index is 0.000000920. The van der Waals surface area contributed by atoms with E-state index in [0.29, 0.717) is 22.3 Å². The van der Waals surface area contributed by atoms with Gasteiger partial charge in [-0.05, 0) is 37.6 Å². The van der Waals surface area contributed by atoms with Gasteiger partial charge >= 0.3 is 6.36 Å². The summed E-state index contributed by atoms with van der Waals surface area (Å²) in [5, 5.41) is 10.5. The topological polar surface area (TPSA) is 55.5 Å². The maximum absolute atomic E-state index is 12.4. The molecule has 0 bridgehead atoms. The van der Waals surface area contributed by atoms with Crippen molar-refractivity contribution < 1.29 is 27.5 Å². The second-order valence-corrected chi connectivity index (χ2v) is 8.49. The minimum Gasteiger partial charge on any atom is -0.507 e. The smallest absolute Gasteiger partial charge is 0.507 e. The number of hydrogen-bond acceptors (Lipinski definition) is 3. The van der Waals surface area contributed by atoms with Crippen LogP contribution in [0.25, 0.3) is 0 Å². The number of quaternary nitrogens is 1. The van der Waals surface area contributed by atoms with Gasteiger partial charge in [-0.1, -0.05) is 51.3 Å². The van der Waals surface area contributed by atoms with Gasteiger partial charge in [0.05, 0.1) is 25.7 Å². The van der Waals surface area contributed by atoms with Crippen LogP contribution in [0.15, 0.2) is 53.8 Å². The number of allylic oxidation sites excluding steroid dienone is 3. The first-order valence-corrected chi connectivity index (χ1v) is 11.1. The molecule has 1 aliphatic rings. The van der Waals surface area contributed by atoms with E-state index in [4.69, 9.17) is 5.73 Å². The summed E-state index contributed by atoms with van der Waals surface area (Å²) in [6.07, 6.45) is 8.06. The van der Waals surface area contributed by atoms with Gasteiger partial charge in [-0.15, -0.1) is 13.2 Å². The molecule has 1 heterocycles. The molecule has 1 aromatic carbocycles. The Morgan fingerprint density at radius 1 is 1.28 bits per heavy atom. The van der Waals surface area contributed by atoms with Crippen LogP contribution in [0.4, 0.5) is 13.2 Å². The zero-order valence-electron chi connectivity index (χ0n) is 19.9. The maximum atomic E-state index is 12.4. The number of unbranched alkanes of at least 4 members (excludes halogenated alkanes) is 2. The molecule has 2 rings (SSSR count). The molecule has 0 saturated carbocycles. The Kier molecular flexibility index (Phi) is 10.9. The van der Waals surface area contributed by atoms with Crippen LogP contribution in [0.2, 0.25) is 0 Å². The molecule has 0 radical (unpaired) electrons. The lowest BCUT2D eigenvalue weighted by Crippen LogP contribution is -2.48. The summed E-state index contributed by atoms with van der Waals surface area (Å²) in [5.74, 6) is -0.667.